The van der Waals surface area contributed by atoms with Gasteiger partial charge in [-0.2, -0.15) is 12.1 Å². The first-order chi connectivity index (χ1) is 15.8. The van der Waals surface area contributed by atoms with E-state index >= 15 is 0 Å². The summed E-state index contributed by atoms with van der Waals surface area (Å²) < 4.78 is 0. The molecule has 180 valence electrons. The number of rotatable bonds is 10. The molecule has 0 atom stereocenters. The van der Waals surface area contributed by atoms with Gasteiger partial charge in [0.05, 0.1) is 0 Å². The van der Waals surface area contributed by atoms with Crippen LogP contribution in [0.1, 0.15) is 39.5 Å². The van der Waals surface area contributed by atoms with Crippen molar-refractivity contribution in [2.45, 2.75) is 39.5 Å². The zero-order chi connectivity index (χ0) is 22.4. The summed E-state index contributed by atoms with van der Waals surface area (Å²) in [7, 11) is -0.239. The summed E-state index contributed by atoms with van der Waals surface area (Å²) in [5.74, 6) is 0. The largest absolute Gasteiger partial charge is 0.747 e. The van der Waals surface area contributed by atoms with Crippen LogP contribution in [0.4, 0.5) is 0 Å². The molecule has 3 heteroatoms. The second-order valence-corrected chi connectivity index (χ2v) is 12.7. The first kappa shape index (κ1) is 27.8. The molecule has 0 saturated carbocycles. The van der Waals surface area contributed by atoms with Gasteiger partial charge in [-0.25, -0.2) is 20.1 Å². The van der Waals surface area contributed by atoms with Gasteiger partial charge in [0, 0.05) is 17.1 Å². The Kier molecular flexibility index (Phi) is 13.6. The summed E-state index contributed by atoms with van der Waals surface area (Å²) in [5.41, 5.74) is 0. The summed E-state index contributed by atoms with van der Waals surface area (Å²) in [4.78, 5) is 0. The maximum absolute atomic E-state index is 2.32. The maximum Gasteiger partial charge on any atom is 0 e. The van der Waals surface area contributed by atoms with Crippen LogP contribution in [0.25, 0.3) is 0 Å². The normalized spacial score (nSPS) is 10.5. The fourth-order valence-corrected chi connectivity index (χ4v) is 8.79. The molecule has 0 aliphatic carbocycles. The van der Waals surface area contributed by atoms with Crippen molar-refractivity contribution in [2.24, 2.45) is 0 Å². The molecular formula is C30H36FeP2-6. The predicted octanol–water partition coefficient (Wildman–Crippen LogP) is 7.27. The van der Waals surface area contributed by atoms with Crippen molar-refractivity contribution in [1.82, 2.24) is 0 Å². The van der Waals surface area contributed by atoms with E-state index in [1.807, 2.05) is 0 Å². The van der Waals surface area contributed by atoms with Gasteiger partial charge >= 0.3 is 0 Å². The zero-order valence-corrected chi connectivity index (χ0v) is 22.8. The van der Waals surface area contributed by atoms with E-state index in [-0.39, 0.29) is 25.0 Å². The molecule has 0 heterocycles. The molecule has 0 amide bonds. The zero-order valence-electron chi connectivity index (χ0n) is 19.9. The second-order valence-electron chi connectivity index (χ2n) is 7.99. The van der Waals surface area contributed by atoms with Gasteiger partial charge in [0.25, 0.3) is 0 Å². The van der Waals surface area contributed by atoms with Crippen LogP contribution in [0, 0.1) is 0 Å². The van der Waals surface area contributed by atoms with Gasteiger partial charge in [0.1, 0.15) is 0 Å². The molecule has 4 rings (SSSR count). The number of hydrogen-bond acceptors (Lipinski definition) is 0. The fourth-order valence-electron chi connectivity index (χ4n) is 3.76. The van der Waals surface area contributed by atoms with Crippen LogP contribution in [0.5, 0.6) is 0 Å². The van der Waals surface area contributed by atoms with Crippen LogP contribution >= 0.6 is 15.8 Å². The SMILES string of the molecule is CCCCP(CCCC)[c-]1cccc1.[Fe].c1ccc(P(c2ccccc2)[c-]2[cH-][cH-][cH-][cH-]2)cc1. The van der Waals surface area contributed by atoms with Crippen molar-refractivity contribution in [1.29, 1.82) is 0 Å². The van der Waals surface area contributed by atoms with Crippen molar-refractivity contribution >= 4 is 37.1 Å². The molecule has 33 heavy (non-hydrogen) atoms. The molecule has 0 aliphatic heterocycles. The van der Waals surface area contributed by atoms with Crippen LogP contribution in [0.2, 0.25) is 0 Å². The average molecular weight is 514 g/mol. The Bertz CT molecular complexity index is 900. The summed E-state index contributed by atoms with van der Waals surface area (Å²) in [6.45, 7) is 4.58. The van der Waals surface area contributed by atoms with E-state index in [4.69, 9.17) is 0 Å². The van der Waals surface area contributed by atoms with Crippen LogP contribution < -0.4 is 21.2 Å². The molecule has 0 radical (unpaired) electrons. The Morgan fingerprint density at radius 1 is 0.667 bits per heavy atom. The summed E-state index contributed by atoms with van der Waals surface area (Å²) >= 11 is 0. The van der Waals surface area contributed by atoms with Gasteiger partial charge < -0.3 is 29.6 Å². The van der Waals surface area contributed by atoms with E-state index in [1.54, 1.807) is 5.30 Å². The van der Waals surface area contributed by atoms with E-state index < -0.39 is 7.92 Å². The number of unbranched alkanes of at least 4 members (excludes halogenated alkanes) is 2. The second kappa shape index (κ2) is 16.2. The summed E-state index contributed by atoms with van der Waals surface area (Å²) in [6.07, 6.45) is 8.37. The van der Waals surface area contributed by atoms with Crippen LogP contribution in [-0.4, -0.2) is 12.3 Å². The smallest absolute Gasteiger partial charge is 0 e. The van der Waals surface area contributed by atoms with Crippen molar-refractivity contribution in [3.8, 4) is 0 Å². The van der Waals surface area contributed by atoms with Crippen molar-refractivity contribution in [3.63, 3.8) is 0 Å². The summed E-state index contributed by atoms with van der Waals surface area (Å²) in [5, 5.41) is 5.86. The van der Waals surface area contributed by atoms with Crippen molar-refractivity contribution in [3.05, 3.63) is 109 Å². The van der Waals surface area contributed by atoms with Gasteiger partial charge in [-0.05, 0) is 12.3 Å². The molecule has 4 aromatic rings. The Morgan fingerprint density at radius 3 is 1.55 bits per heavy atom. The number of benzene rings is 2. The fraction of sp³-hybridized carbons (Fsp3) is 0.267. The molecule has 0 aromatic heterocycles. The Morgan fingerprint density at radius 2 is 1.12 bits per heavy atom. The van der Waals surface area contributed by atoms with Crippen LogP contribution in [-0.2, 0) is 17.1 Å². The first-order valence-corrected chi connectivity index (χ1v) is 15.0. The number of hydrogen-bond donors (Lipinski definition) is 0. The molecule has 4 aromatic carbocycles. The predicted molar refractivity (Wildman–Crippen MR) is 149 cm³/mol. The van der Waals surface area contributed by atoms with E-state index in [9.17, 15) is 0 Å². The third-order valence-corrected chi connectivity index (χ3v) is 10.7. The van der Waals surface area contributed by atoms with E-state index in [1.165, 1.54) is 53.9 Å². The van der Waals surface area contributed by atoms with Crippen LogP contribution in [0.3, 0.4) is 0 Å². The molecule has 0 spiro atoms. The molecule has 0 saturated heterocycles. The molecule has 0 bridgehead atoms. The van der Waals surface area contributed by atoms with Crippen molar-refractivity contribution in [2.75, 3.05) is 12.3 Å². The monoisotopic (exact) mass is 514 g/mol. The van der Waals surface area contributed by atoms with Gasteiger partial charge in [-0.3, -0.25) is 0 Å². The van der Waals surface area contributed by atoms with E-state index in [0.717, 1.165) is 0 Å². The van der Waals surface area contributed by atoms with E-state index in [0.29, 0.717) is 0 Å². The van der Waals surface area contributed by atoms with Gasteiger partial charge in [0.2, 0.25) is 0 Å². The standard InChI is InChI=1S/C17H14P.C13H22P.Fe/c1-3-9-15(10-4-1)18(17-13-7-8-14-17)16-11-5-2-6-12-16;1-3-5-11-14(12-6-4-2)13-9-7-8-10-13;/h1-14H;7-10H,3-6,11-12H2,1-2H3;/q-5;-1;. The Hall–Kier alpha value is -1.48. The minimum Gasteiger partial charge on any atom is -0.747 e. The molecule has 0 aliphatic rings. The van der Waals surface area contributed by atoms with Gasteiger partial charge in [-0.15, -0.1) is 13.2 Å². The third kappa shape index (κ3) is 9.00. The molecule has 0 fully saturated rings. The van der Waals surface area contributed by atoms with Gasteiger partial charge in [-0.1, -0.05) is 111 Å². The Labute approximate surface area is 214 Å². The molecule has 0 N–H and O–H groups in total. The topological polar surface area (TPSA) is 0 Å². The Balaban J connectivity index is 0.000000235. The quantitative estimate of drug-likeness (QED) is 0.119. The van der Waals surface area contributed by atoms with Crippen molar-refractivity contribution < 1.29 is 17.1 Å². The van der Waals surface area contributed by atoms with Gasteiger partial charge in [0.15, 0.2) is 0 Å². The molecule has 0 nitrogen and oxygen atoms in total. The average Bonchev–Trinajstić information content (AvgIpc) is 3.56. The van der Waals surface area contributed by atoms with Crippen LogP contribution in [0.15, 0.2) is 109 Å². The first-order valence-electron chi connectivity index (χ1n) is 11.9. The molecular weight excluding hydrogens is 478 g/mol. The molecule has 0 unspecified atom stereocenters. The minimum absolute atomic E-state index is 0. The minimum atomic E-state index is -0.409. The summed E-state index contributed by atoms with van der Waals surface area (Å²) in [6, 6.07) is 39.2. The van der Waals surface area contributed by atoms with E-state index in [2.05, 4.69) is 123 Å². The third-order valence-electron chi connectivity index (χ3n) is 5.51. The maximum atomic E-state index is 2.32.